The van der Waals surface area contributed by atoms with Gasteiger partial charge >= 0.3 is 0 Å². The zero-order valence-electron chi connectivity index (χ0n) is 11.7. The summed E-state index contributed by atoms with van der Waals surface area (Å²) in [6.45, 7) is 4.90. The number of nitrogens with two attached hydrogens (primary N) is 1. The Hall–Kier alpha value is -1.24. The van der Waals surface area contributed by atoms with Crippen molar-refractivity contribution in [1.29, 1.82) is 0 Å². The van der Waals surface area contributed by atoms with E-state index in [1.165, 1.54) is 11.5 Å². The fraction of sp³-hybridized carbons (Fsp3) is 0.500. The van der Waals surface area contributed by atoms with Crippen LogP contribution in [-0.4, -0.2) is 48.1 Å². The molecule has 0 spiro atoms. The van der Waals surface area contributed by atoms with Crippen LogP contribution in [0.4, 0.5) is 0 Å². The van der Waals surface area contributed by atoms with E-state index in [1.54, 1.807) is 18.2 Å². The number of nitrogens with one attached hydrogen (secondary N) is 1. The molecule has 1 saturated heterocycles. The lowest BCUT2D eigenvalue weighted by molar-refractivity contribution is 0.0953. The molecule has 0 radical (unpaired) electrons. The minimum atomic E-state index is -0.308. The maximum Gasteiger partial charge on any atom is 0.265 e. The quantitative estimate of drug-likeness (QED) is 0.484. The smallest absolute Gasteiger partial charge is 0.265 e. The molecule has 110 valence electrons. The van der Waals surface area contributed by atoms with Crippen LogP contribution < -0.4 is 16.0 Å². The molecule has 6 heteroatoms. The Balaban J connectivity index is 1.83. The summed E-state index contributed by atoms with van der Waals surface area (Å²) in [4.78, 5) is 13.9. The van der Waals surface area contributed by atoms with Gasteiger partial charge in [0.1, 0.15) is 12.4 Å². The van der Waals surface area contributed by atoms with Gasteiger partial charge < -0.3 is 4.74 Å². The Labute approximate surface area is 123 Å². The van der Waals surface area contributed by atoms with Crippen molar-refractivity contribution in [3.8, 4) is 5.75 Å². The van der Waals surface area contributed by atoms with Gasteiger partial charge in [-0.1, -0.05) is 6.07 Å². The van der Waals surface area contributed by atoms with Gasteiger partial charge in [-0.15, -0.1) is 0 Å². The van der Waals surface area contributed by atoms with E-state index < -0.39 is 0 Å². The zero-order chi connectivity index (χ0) is 14.4. The van der Waals surface area contributed by atoms with Crippen molar-refractivity contribution < 1.29 is 9.53 Å². The topological polar surface area (TPSA) is 67.6 Å². The molecule has 1 heterocycles. The summed E-state index contributed by atoms with van der Waals surface area (Å²) in [6.07, 6.45) is 0. The highest BCUT2D eigenvalue weighted by atomic mass is 32.2. The first kappa shape index (κ1) is 15.2. The van der Waals surface area contributed by atoms with Gasteiger partial charge in [0.05, 0.1) is 0 Å². The van der Waals surface area contributed by atoms with Crippen LogP contribution in [0.25, 0.3) is 0 Å². The third-order valence-electron chi connectivity index (χ3n) is 3.38. The number of nitrogens with zero attached hydrogens (tertiary/aromatic N) is 1. The van der Waals surface area contributed by atoms with Gasteiger partial charge in [0, 0.05) is 36.2 Å². The molecular weight excluding hydrogens is 274 g/mol. The molecule has 2 rings (SSSR count). The highest BCUT2D eigenvalue weighted by Crippen LogP contribution is 2.16. The molecule has 1 atom stereocenters. The predicted octanol–water partition coefficient (Wildman–Crippen LogP) is 1.11. The number of carbonyl (C=O) groups excluding carboxylic acids is 1. The molecule has 3 N–H and O–H groups in total. The fourth-order valence-corrected chi connectivity index (χ4v) is 3.27. The number of amides is 1. The maximum absolute atomic E-state index is 11.4. The summed E-state index contributed by atoms with van der Waals surface area (Å²) in [5.74, 6) is 7.89. The Bertz CT molecular complexity index is 456. The number of rotatable bonds is 5. The summed E-state index contributed by atoms with van der Waals surface area (Å²) in [6, 6.07) is 7.66. The predicted molar refractivity (Wildman–Crippen MR) is 82.0 cm³/mol. The first-order valence-corrected chi connectivity index (χ1v) is 7.92. The molecule has 20 heavy (non-hydrogen) atoms. The molecule has 0 saturated carbocycles. The molecule has 1 aromatic carbocycles. The van der Waals surface area contributed by atoms with Gasteiger partial charge in [-0.2, -0.15) is 11.8 Å². The van der Waals surface area contributed by atoms with E-state index in [-0.39, 0.29) is 5.91 Å². The van der Waals surface area contributed by atoms with Crippen molar-refractivity contribution in [3.63, 3.8) is 0 Å². The second kappa shape index (κ2) is 7.52. The zero-order valence-corrected chi connectivity index (χ0v) is 12.5. The molecule has 0 aromatic heterocycles. The van der Waals surface area contributed by atoms with Crippen LogP contribution >= 0.6 is 11.8 Å². The molecule has 1 aromatic rings. The number of carbonyl (C=O) groups is 1. The van der Waals surface area contributed by atoms with E-state index in [0.29, 0.717) is 24.0 Å². The van der Waals surface area contributed by atoms with E-state index >= 15 is 0 Å². The number of thioether (sulfide) groups is 1. The van der Waals surface area contributed by atoms with Crippen molar-refractivity contribution in [2.24, 2.45) is 5.84 Å². The Morgan fingerprint density at radius 2 is 2.45 bits per heavy atom. The van der Waals surface area contributed by atoms with Gasteiger partial charge in [-0.25, -0.2) is 5.84 Å². The molecule has 1 unspecified atom stereocenters. The van der Waals surface area contributed by atoms with Gasteiger partial charge in [0.15, 0.2) is 0 Å². The van der Waals surface area contributed by atoms with Gasteiger partial charge in [0.2, 0.25) is 0 Å². The highest BCUT2D eigenvalue weighted by molar-refractivity contribution is 7.99. The molecule has 1 fully saturated rings. The number of benzene rings is 1. The molecule has 0 aliphatic carbocycles. The minimum Gasteiger partial charge on any atom is -0.492 e. The first-order chi connectivity index (χ1) is 9.70. The summed E-state index contributed by atoms with van der Waals surface area (Å²) in [7, 11) is 0. The van der Waals surface area contributed by atoms with E-state index in [0.717, 1.165) is 13.1 Å². The lowest BCUT2D eigenvalue weighted by Crippen LogP contribution is -2.42. The molecule has 0 bridgehead atoms. The minimum absolute atomic E-state index is 0.308. The number of hydrogen-bond donors (Lipinski definition) is 2. The van der Waals surface area contributed by atoms with E-state index in [4.69, 9.17) is 10.6 Å². The van der Waals surface area contributed by atoms with Crippen LogP contribution in [-0.2, 0) is 0 Å². The Morgan fingerprint density at radius 1 is 1.60 bits per heavy atom. The average Bonchev–Trinajstić information content (AvgIpc) is 2.49. The molecule has 1 amide bonds. The van der Waals surface area contributed by atoms with Crippen molar-refractivity contribution in [2.45, 2.75) is 13.0 Å². The average molecular weight is 295 g/mol. The summed E-state index contributed by atoms with van der Waals surface area (Å²) in [5, 5.41) is 0. The third kappa shape index (κ3) is 4.13. The summed E-state index contributed by atoms with van der Waals surface area (Å²) < 4.78 is 5.72. The van der Waals surface area contributed by atoms with Gasteiger partial charge in [-0.3, -0.25) is 15.1 Å². The SMILES string of the molecule is CC1CSCCN1CCOc1cccc(C(=O)NN)c1. The van der Waals surface area contributed by atoms with E-state index in [2.05, 4.69) is 17.2 Å². The maximum atomic E-state index is 11.4. The number of nitrogen functional groups attached to an aromatic ring is 1. The first-order valence-electron chi connectivity index (χ1n) is 6.76. The largest absolute Gasteiger partial charge is 0.492 e. The monoisotopic (exact) mass is 295 g/mol. The van der Waals surface area contributed by atoms with Crippen LogP contribution in [0.3, 0.4) is 0 Å². The van der Waals surface area contributed by atoms with Crippen LogP contribution in [0.5, 0.6) is 5.75 Å². The van der Waals surface area contributed by atoms with Crippen LogP contribution in [0.1, 0.15) is 17.3 Å². The van der Waals surface area contributed by atoms with Crippen molar-refractivity contribution in [1.82, 2.24) is 10.3 Å². The normalized spacial score (nSPS) is 19.6. The van der Waals surface area contributed by atoms with Crippen molar-refractivity contribution >= 4 is 17.7 Å². The Kier molecular flexibility index (Phi) is 5.70. The lowest BCUT2D eigenvalue weighted by Gasteiger charge is -2.32. The molecular formula is C14H21N3O2S. The molecule has 1 aliphatic heterocycles. The van der Waals surface area contributed by atoms with Gasteiger partial charge in [0.25, 0.3) is 5.91 Å². The summed E-state index contributed by atoms with van der Waals surface area (Å²) in [5.41, 5.74) is 2.62. The summed E-state index contributed by atoms with van der Waals surface area (Å²) >= 11 is 2.01. The van der Waals surface area contributed by atoms with E-state index in [1.807, 2.05) is 17.8 Å². The number of hydrazine groups is 1. The standard InChI is InChI=1S/C14H21N3O2S/c1-11-10-20-8-6-17(11)5-7-19-13-4-2-3-12(9-13)14(18)16-15/h2-4,9,11H,5-8,10,15H2,1H3,(H,16,18). The number of hydrogen-bond acceptors (Lipinski definition) is 5. The Morgan fingerprint density at radius 3 is 3.20 bits per heavy atom. The van der Waals surface area contributed by atoms with Gasteiger partial charge in [-0.05, 0) is 25.1 Å². The van der Waals surface area contributed by atoms with Crippen molar-refractivity contribution in [3.05, 3.63) is 29.8 Å². The highest BCUT2D eigenvalue weighted by Gasteiger charge is 2.17. The molecule has 5 nitrogen and oxygen atoms in total. The number of ether oxygens (including phenoxy) is 1. The second-order valence-electron chi connectivity index (χ2n) is 4.81. The fourth-order valence-electron chi connectivity index (χ4n) is 2.18. The third-order valence-corrected chi connectivity index (χ3v) is 4.57. The second-order valence-corrected chi connectivity index (χ2v) is 5.96. The van der Waals surface area contributed by atoms with E-state index in [9.17, 15) is 4.79 Å². The van der Waals surface area contributed by atoms with Crippen molar-refractivity contribution in [2.75, 3.05) is 31.2 Å². The lowest BCUT2D eigenvalue weighted by atomic mass is 10.2. The van der Waals surface area contributed by atoms with Crippen LogP contribution in [0.2, 0.25) is 0 Å². The van der Waals surface area contributed by atoms with Crippen LogP contribution in [0, 0.1) is 0 Å². The van der Waals surface area contributed by atoms with Crippen LogP contribution in [0.15, 0.2) is 24.3 Å². The molecule has 1 aliphatic rings.